The average Bonchev–Trinajstić information content (AvgIpc) is 2.10. The first-order valence-corrected chi connectivity index (χ1v) is 4.05. The minimum atomic E-state index is 0.325. The van der Waals surface area contributed by atoms with E-state index in [-0.39, 0.29) is 0 Å². The van der Waals surface area contributed by atoms with Crippen molar-refractivity contribution < 1.29 is 0 Å². The Morgan fingerprint density at radius 2 is 1.77 bits per heavy atom. The van der Waals surface area contributed by atoms with Gasteiger partial charge in [-0.2, -0.15) is 5.26 Å². The normalized spacial score (nSPS) is 8.38. The zero-order valence-electron chi connectivity index (χ0n) is 6.44. The van der Waals surface area contributed by atoms with Crippen molar-refractivity contribution in [3.05, 3.63) is 27.7 Å². The summed E-state index contributed by atoms with van der Waals surface area (Å²) in [5.74, 6) is 4.80. The standard InChI is InChI=1S/C9H4Cl2N2/c10-7-4-6(2-1-3-12)5-8(11)9(7)13/h4-5H,13H2. The molecule has 0 atom stereocenters. The summed E-state index contributed by atoms with van der Waals surface area (Å²) in [5, 5.41) is 8.89. The van der Waals surface area contributed by atoms with Gasteiger partial charge < -0.3 is 5.73 Å². The number of nitriles is 1. The van der Waals surface area contributed by atoms with E-state index in [9.17, 15) is 0 Å². The maximum absolute atomic E-state index is 8.21. The predicted molar refractivity (Wildman–Crippen MR) is 53.4 cm³/mol. The molecular formula is C9H4Cl2N2. The summed E-state index contributed by atoms with van der Waals surface area (Å²) in [6.07, 6.45) is 0. The van der Waals surface area contributed by atoms with E-state index in [1.165, 1.54) is 0 Å². The third-order valence-corrected chi connectivity index (χ3v) is 1.97. The maximum Gasteiger partial charge on any atom is 0.152 e. The molecule has 0 aliphatic carbocycles. The first-order chi connectivity index (χ1) is 6.15. The van der Waals surface area contributed by atoms with Crippen LogP contribution in [0.15, 0.2) is 12.1 Å². The molecule has 0 fully saturated rings. The minimum Gasteiger partial charge on any atom is -0.396 e. The highest BCUT2D eigenvalue weighted by Crippen LogP contribution is 2.28. The number of nitrogens with zero attached hydrogens (tertiary/aromatic N) is 1. The van der Waals surface area contributed by atoms with Crippen LogP contribution in [0.2, 0.25) is 10.0 Å². The predicted octanol–water partition coefficient (Wildman–Crippen LogP) is 2.45. The molecule has 2 N–H and O–H groups in total. The molecule has 0 aliphatic heterocycles. The van der Waals surface area contributed by atoms with E-state index in [1.54, 1.807) is 18.2 Å². The lowest BCUT2D eigenvalue weighted by Gasteiger charge is -2.00. The fourth-order valence-electron chi connectivity index (χ4n) is 0.757. The van der Waals surface area contributed by atoms with Crippen LogP contribution in [0.4, 0.5) is 5.69 Å². The van der Waals surface area contributed by atoms with Crippen LogP contribution < -0.4 is 5.73 Å². The monoisotopic (exact) mass is 210 g/mol. The van der Waals surface area contributed by atoms with Crippen molar-refractivity contribution in [2.24, 2.45) is 0 Å². The summed E-state index contributed by atoms with van der Waals surface area (Å²) in [6.45, 7) is 0. The molecule has 0 bridgehead atoms. The first-order valence-electron chi connectivity index (χ1n) is 3.29. The number of hydrogen-bond acceptors (Lipinski definition) is 2. The van der Waals surface area contributed by atoms with Gasteiger partial charge in [0, 0.05) is 11.5 Å². The molecule has 2 nitrogen and oxygen atoms in total. The van der Waals surface area contributed by atoms with Gasteiger partial charge in [-0.1, -0.05) is 29.1 Å². The molecule has 0 spiro atoms. The molecule has 13 heavy (non-hydrogen) atoms. The fraction of sp³-hybridized carbons (Fsp3) is 0. The minimum absolute atomic E-state index is 0.325. The van der Waals surface area contributed by atoms with Crippen molar-refractivity contribution >= 4 is 28.9 Å². The second-order valence-electron chi connectivity index (χ2n) is 2.22. The highest BCUT2D eigenvalue weighted by atomic mass is 35.5. The van der Waals surface area contributed by atoms with Crippen LogP contribution in [0, 0.1) is 23.2 Å². The summed E-state index contributed by atoms with van der Waals surface area (Å²) in [4.78, 5) is 0. The average molecular weight is 211 g/mol. The molecule has 0 saturated carbocycles. The van der Waals surface area contributed by atoms with Gasteiger partial charge in [0.15, 0.2) is 6.07 Å². The number of nitrogens with two attached hydrogens (primary N) is 1. The Morgan fingerprint density at radius 1 is 1.23 bits per heavy atom. The molecule has 0 amide bonds. The molecule has 0 saturated heterocycles. The zero-order valence-corrected chi connectivity index (χ0v) is 7.95. The highest BCUT2D eigenvalue weighted by molar-refractivity contribution is 6.39. The number of nitrogen functional groups attached to an aromatic ring is 1. The van der Waals surface area contributed by atoms with Crippen LogP contribution in [0.25, 0.3) is 0 Å². The summed E-state index contributed by atoms with van der Waals surface area (Å²) < 4.78 is 0. The van der Waals surface area contributed by atoms with Crippen LogP contribution >= 0.6 is 23.2 Å². The van der Waals surface area contributed by atoms with Crippen LogP contribution in [-0.4, -0.2) is 0 Å². The number of anilines is 1. The largest absolute Gasteiger partial charge is 0.396 e. The van der Waals surface area contributed by atoms with Gasteiger partial charge in [-0.3, -0.25) is 0 Å². The Kier molecular flexibility index (Phi) is 3.03. The second-order valence-corrected chi connectivity index (χ2v) is 3.03. The van der Waals surface area contributed by atoms with Gasteiger partial charge >= 0.3 is 0 Å². The molecule has 1 rings (SSSR count). The smallest absolute Gasteiger partial charge is 0.152 e. The van der Waals surface area contributed by atoms with Gasteiger partial charge in [0.1, 0.15) is 0 Å². The molecule has 0 heterocycles. The number of halogens is 2. The topological polar surface area (TPSA) is 49.8 Å². The third kappa shape index (κ3) is 2.29. The summed E-state index contributed by atoms with van der Waals surface area (Å²) in [6, 6.07) is 4.82. The number of rotatable bonds is 0. The Hall–Kier alpha value is -1.35. The van der Waals surface area contributed by atoms with Crippen molar-refractivity contribution in [2.45, 2.75) is 0 Å². The van der Waals surface area contributed by atoms with Crippen molar-refractivity contribution in [1.29, 1.82) is 5.26 Å². The highest BCUT2D eigenvalue weighted by Gasteiger charge is 2.02. The van der Waals surface area contributed by atoms with E-state index in [2.05, 4.69) is 11.8 Å². The SMILES string of the molecule is N#CC#Cc1cc(Cl)c(N)c(Cl)c1. The lowest BCUT2D eigenvalue weighted by Crippen LogP contribution is -1.88. The third-order valence-electron chi connectivity index (χ3n) is 1.34. The van der Waals surface area contributed by atoms with E-state index in [4.69, 9.17) is 34.2 Å². The van der Waals surface area contributed by atoms with Gasteiger partial charge in [0.05, 0.1) is 15.7 Å². The first kappa shape index (κ1) is 9.74. The molecule has 4 heteroatoms. The molecule has 0 aliphatic rings. The summed E-state index contributed by atoms with van der Waals surface area (Å²) in [7, 11) is 0. The van der Waals surface area contributed by atoms with E-state index in [1.807, 2.05) is 0 Å². The molecule has 0 radical (unpaired) electrons. The van der Waals surface area contributed by atoms with Gasteiger partial charge in [-0.15, -0.1) is 0 Å². The molecule has 1 aromatic rings. The summed E-state index contributed by atoms with van der Waals surface area (Å²) >= 11 is 11.5. The molecule has 1 aromatic carbocycles. The fourth-order valence-corrected chi connectivity index (χ4v) is 1.24. The molecular weight excluding hydrogens is 207 g/mol. The van der Waals surface area contributed by atoms with Crippen molar-refractivity contribution in [1.82, 2.24) is 0 Å². The molecule has 64 valence electrons. The molecule has 0 unspecified atom stereocenters. The van der Waals surface area contributed by atoms with Gasteiger partial charge in [0.25, 0.3) is 0 Å². The van der Waals surface area contributed by atoms with Crippen molar-refractivity contribution in [2.75, 3.05) is 5.73 Å². The van der Waals surface area contributed by atoms with Crippen LogP contribution in [0.1, 0.15) is 5.56 Å². The lowest BCUT2D eigenvalue weighted by atomic mass is 10.2. The van der Waals surface area contributed by atoms with Crippen molar-refractivity contribution in [3.8, 4) is 17.9 Å². The Balaban J connectivity index is 3.23. The Bertz CT molecular complexity index is 412. The second kappa shape index (κ2) is 4.05. The summed E-state index contributed by atoms with van der Waals surface area (Å²) in [5.41, 5.74) is 6.40. The maximum atomic E-state index is 8.21. The van der Waals surface area contributed by atoms with Crippen LogP contribution in [-0.2, 0) is 0 Å². The number of hydrogen-bond donors (Lipinski definition) is 1. The van der Waals surface area contributed by atoms with E-state index >= 15 is 0 Å². The quantitative estimate of drug-likeness (QED) is 0.529. The Morgan fingerprint density at radius 3 is 2.23 bits per heavy atom. The van der Waals surface area contributed by atoms with Gasteiger partial charge in [-0.25, -0.2) is 0 Å². The lowest BCUT2D eigenvalue weighted by molar-refractivity contribution is 1.55. The zero-order chi connectivity index (χ0) is 9.84. The van der Waals surface area contributed by atoms with Gasteiger partial charge in [-0.05, 0) is 12.1 Å². The van der Waals surface area contributed by atoms with E-state index < -0.39 is 0 Å². The Labute approximate surface area is 85.9 Å². The van der Waals surface area contributed by atoms with E-state index in [0.29, 0.717) is 21.3 Å². The van der Waals surface area contributed by atoms with Crippen LogP contribution in [0.5, 0.6) is 0 Å². The van der Waals surface area contributed by atoms with E-state index in [0.717, 1.165) is 0 Å². The molecule has 0 aromatic heterocycles. The van der Waals surface area contributed by atoms with Crippen molar-refractivity contribution in [3.63, 3.8) is 0 Å². The van der Waals surface area contributed by atoms with Gasteiger partial charge in [0.2, 0.25) is 0 Å². The number of benzene rings is 1. The van der Waals surface area contributed by atoms with Crippen LogP contribution in [0.3, 0.4) is 0 Å².